The van der Waals surface area contributed by atoms with Crippen LogP contribution in [0.3, 0.4) is 0 Å². The number of carboxylic acids is 1. The average molecular weight is 456 g/mol. The van der Waals surface area contributed by atoms with Crippen LogP contribution in [0.4, 0.5) is 0 Å². The van der Waals surface area contributed by atoms with Crippen molar-refractivity contribution < 1.29 is 24.3 Å². The van der Waals surface area contributed by atoms with E-state index in [4.69, 9.17) is 0 Å². The van der Waals surface area contributed by atoms with Crippen LogP contribution in [-0.2, 0) is 19.2 Å². The minimum absolute atomic E-state index is 0.0285. The Morgan fingerprint density at radius 2 is 2.07 bits per heavy atom. The van der Waals surface area contributed by atoms with Gasteiger partial charge in [0.25, 0.3) is 5.91 Å². The number of alkyl halides is 1. The summed E-state index contributed by atoms with van der Waals surface area (Å²) in [5, 5.41) is 11.9. The number of carbonyl (C=O) groups excluding carboxylic acids is 3. The van der Waals surface area contributed by atoms with Crippen molar-refractivity contribution in [3.63, 3.8) is 0 Å². The van der Waals surface area contributed by atoms with Crippen LogP contribution in [0.2, 0.25) is 0 Å². The zero-order chi connectivity index (χ0) is 19.3. The Kier molecular flexibility index (Phi) is 4.79. The Morgan fingerprint density at radius 3 is 2.70 bits per heavy atom. The molecule has 2 N–H and O–H groups in total. The Bertz CT molecular complexity index is 806. The van der Waals surface area contributed by atoms with Crippen LogP contribution in [0.5, 0.6) is 0 Å². The van der Waals surface area contributed by atoms with Gasteiger partial charge < -0.3 is 15.3 Å². The number of likely N-dealkylation sites (tertiary alicyclic amines) is 1. The summed E-state index contributed by atoms with van der Waals surface area (Å²) < 4.78 is 0. The summed E-state index contributed by atoms with van der Waals surface area (Å²) in [4.78, 5) is 51.4. The molecule has 0 radical (unpaired) electrons. The standard InChI is InChI=1S/C17H18BrN3O5S/c18-6-11(22)19-12-15(24)21-13(17(25)26)9(7-27-16(12)21)5-8-3-4-20(14(8)23)10-1-2-10/h5,10,12,16H,1-4,6-7H2,(H,19,22)(H,25,26)/b8-5+/t12-,16-/m1/s1. The molecule has 0 spiro atoms. The molecule has 4 aliphatic rings. The highest BCUT2D eigenvalue weighted by Crippen LogP contribution is 2.41. The van der Waals surface area contributed by atoms with E-state index in [0.29, 0.717) is 35.9 Å². The molecule has 0 bridgehead atoms. The molecular weight excluding hydrogens is 438 g/mol. The number of amides is 3. The smallest absolute Gasteiger partial charge is 0.352 e. The second-order valence-electron chi connectivity index (χ2n) is 6.92. The summed E-state index contributed by atoms with van der Waals surface area (Å²) in [5.74, 6) is -1.61. The van der Waals surface area contributed by atoms with E-state index in [2.05, 4.69) is 21.2 Å². The Hall–Kier alpha value is -1.81. The molecule has 0 aromatic heterocycles. The van der Waals surface area contributed by atoms with Crippen LogP contribution in [-0.4, -0.2) is 73.7 Å². The number of carbonyl (C=O) groups is 4. The van der Waals surface area contributed by atoms with Crippen molar-refractivity contribution in [2.75, 3.05) is 17.6 Å². The molecule has 3 heterocycles. The van der Waals surface area contributed by atoms with Gasteiger partial charge in [0.2, 0.25) is 11.8 Å². The number of hydrogen-bond donors (Lipinski definition) is 2. The van der Waals surface area contributed by atoms with E-state index in [1.807, 2.05) is 4.90 Å². The minimum Gasteiger partial charge on any atom is -0.477 e. The van der Waals surface area contributed by atoms with E-state index >= 15 is 0 Å². The number of halogens is 1. The third-order valence-corrected chi connectivity index (χ3v) is 6.94. The Morgan fingerprint density at radius 1 is 1.33 bits per heavy atom. The van der Waals surface area contributed by atoms with E-state index < -0.39 is 23.3 Å². The van der Waals surface area contributed by atoms with E-state index in [1.54, 1.807) is 6.08 Å². The number of nitrogens with one attached hydrogen (secondary N) is 1. The van der Waals surface area contributed by atoms with Crippen molar-refractivity contribution in [1.82, 2.24) is 15.1 Å². The minimum atomic E-state index is -1.20. The van der Waals surface area contributed by atoms with Crippen molar-refractivity contribution in [1.29, 1.82) is 0 Å². The Labute approximate surface area is 168 Å². The maximum Gasteiger partial charge on any atom is 0.352 e. The highest BCUT2D eigenvalue weighted by molar-refractivity contribution is 9.09. The molecule has 0 aromatic rings. The van der Waals surface area contributed by atoms with Crippen molar-refractivity contribution in [2.24, 2.45) is 0 Å². The van der Waals surface area contributed by atoms with Crippen LogP contribution >= 0.6 is 27.7 Å². The van der Waals surface area contributed by atoms with Gasteiger partial charge in [-0.25, -0.2) is 4.79 Å². The second kappa shape index (κ2) is 6.97. The first-order chi connectivity index (χ1) is 12.9. The number of hydrogen-bond acceptors (Lipinski definition) is 5. The van der Waals surface area contributed by atoms with E-state index in [9.17, 15) is 24.3 Å². The average Bonchev–Trinajstić information content (AvgIpc) is 3.43. The molecule has 1 aliphatic carbocycles. The largest absolute Gasteiger partial charge is 0.477 e. The number of rotatable bonds is 5. The van der Waals surface area contributed by atoms with Gasteiger partial charge in [-0.05, 0) is 30.9 Å². The molecule has 4 rings (SSSR count). The van der Waals surface area contributed by atoms with Gasteiger partial charge in [-0.3, -0.25) is 19.3 Å². The molecule has 3 amide bonds. The number of β-lactam (4-membered cyclic amide) rings is 1. The Balaban J connectivity index is 1.59. The molecule has 2 atom stereocenters. The van der Waals surface area contributed by atoms with Gasteiger partial charge in [0.1, 0.15) is 17.1 Å². The zero-order valence-corrected chi connectivity index (χ0v) is 16.7. The predicted octanol–water partition coefficient (Wildman–Crippen LogP) is 0.441. The number of nitrogens with zero attached hydrogens (tertiary/aromatic N) is 2. The quantitative estimate of drug-likeness (QED) is 0.353. The molecule has 0 aromatic carbocycles. The molecule has 1 saturated carbocycles. The van der Waals surface area contributed by atoms with Crippen LogP contribution in [0.1, 0.15) is 19.3 Å². The fraction of sp³-hybridized carbons (Fsp3) is 0.529. The van der Waals surface area contributed by atoms with Crippen LogP contribution in [0.25, 0.3) is 0 Å². The summed E-state index contributed by atoms with van der Waals surface area (Å²) >= 11 is 4.43. The SMILES string of the molecule is O=C(CBr)N[C@@H]1C(=O)N2C(C(=O)O)=C(/C=C3\CCN(C4CC4)C3=O)CS[C@H]12. The topological polar surface area (TPSA) is 107 Å². The molecule has 144 valence electrons. The van der Waals surface area contributed by atoms with Gasteiger partial charge in [0.15, 0.2) is 0 Å². The van der Waals surface area contributed by atoms with Gasteiger partial charge in [-0.1, -0.05) is 15.9 Å². The fourth-order valence-electron chi connectivity index (χ4n) is 3.68. The lowest BCUT2D eigenvalue weighted by Gasteiger charge is -2.49. The van der Waals surface area contributed by atoms with Crippen molar-refractivity contribution in [3.05, 3.63) is 22.9 Å². The maximum atomic E-state index is 12.5. The first-order valence-electron chi connectivity index (χ1n) is 8.70. The first kappa shape index (κ1) is 18.5. The molecule has 2 saturated heterocycles. The second-order valence-corrected chi connectivity index (χ2v) is 8.58. The lowest BCUT2D eigenvalue weighted by atomic mass is 10.0. The molecular formula is C17H18BrN3O5S. The highest BCUT2D eigenvalue weighted by atomic mass is 79.9. The van der Waals surface area contributed by atoms with Crippen molar-refractivity contribution in [2.45, 2.75) is 36.7 Å². The lowest BCUT2D eigenvalue weighted by Crippen LogP contribution is -2.70. The van der Waals surface area contributed by atoms with E-state index in [0.717, 1.165) is 12.8 Å². The fourth-order valence-corrected chi connectivity index (χ4v) is 5.15. The van der Waals surface area contributed by atoms with Gasteiger partial charge in [-0.2, -0.15) is 0 Å². The summed E-state index contributed by atoms with van der Waals surface area (Å²) in [5.41, 5.74) is 0.994. The monoisotopic (exact) mass is 455 g/mol. The van der Waals surface area contributed by atoms with Crippen LogP contribution in [0, 0.1) is 0 Å². The van der Waals surface area contributed by atoms with Crippen LogP contribution in [0.15, 0.2) is 22.9 Å². The molecule has 0 unspecified atom stereocenters. The summed E-state index contributed by atoms with van der Waals surface area (Å²) in [7, 11) is 0. The number of allylic oxidation sites excluding steroid dienone is 1. The first-order valence-corrected chi connectivity index (χ1v) is 10.9. The number of thioether (sulfide) groups is 1. The molecule has 3 fully saturated rings. The normalized spacial score (nSPS) is 29.1. The van der Waals surface area contributed by atoms with Gasteiger partial charge in [0, 0.05) is 23.9 Å². The molecule has 27 heavy (non-hydrogen) atoms. The predicted molar refractivity (Wildman–Crippen MR) is 101 cm³/mol. The summed E-state index contributed by atoms with van der Waals surface area (Å²) in [6.45, 7) is 0.671. The highest BCUT2D eigenvalue weighted by Gasteiger charge is 2.54. The van der Waals surface area contributed by atoms with Crippen molar-refractivity contribution in [3.8, 4) is 0 Å². The number of carboxylic acid groups (broad SMARTS) is 1. The van der Waals surface area contributed by atoms with Gasteiger partial charge in [0.05, 0.1) is 5.33 Å². The third kappa shape index (κ3) is 3.18. The van der Waals surface area contributed by atoms with E-state index in [1.165, 1.54) is 16.7 Å². The third-order valence-electron chi connectivity index (χ3n) is 5.13. The van der Waals surface area contributed by atoms with Gasteiger partial charge >= 0.3 is 5.97 Å². The molecule has 10 heteroatoms. The molecule has 3 aliphatic heterocycles. The maximum absolute atomic E-state index is 12.5. The van der Waals surface area contributed by atoms with Gasteiger partial charge in [-0.15, -0.1) is 11.8 Å². The number of aliphatic carboxylic acids is 1. The molecule has 8 nitrogen and oxygen atoms in total. The van der Waals surface area contributed by atoms with Crippen molar-refractivity contribution >= 4 is 51.4 Å². The summed E-state index contributed by atoms with van der Waals surface area (Å²) in [6, 6.07) is -0.390. The number of fused-ring (bicyclic) bond motifs is 1. The zero-order valence-electron chi connectivity index (χ0n) is 14.3. The lowest BCUT2D eigenvalue weighted by molar-refractivity contribution is -0.150. The summed E-state index contributed by atoms with van der Waals surface area (Å²) in [6.07, 6.45) is 4.31. The van der Waals surface area contributed by atoms with Crippen LogP contribution < -0.4 is 5.32 Å². The van der Waals surface area contributed by atoms with E-state index in [-0.39, 0.29) is 22.8 Å².